The molecule has 0 bridgehead atoms. The van der Waals surface area contributed by atoms with Crippen molar-refractivity contribution < 1.29 is 0 Å². The highest BCUT2D eigenvalue weighted by molar-refractivity contribution is 5.82. The highest BCUT2D eigenvalue weighted by Gasteiger charge is 2.17. The Morgan fingerprint density at radius 2 is 1.80 bits per heavy atom. The minimum atomic E-state index is 0.651. The van der Waals surface area contributed by atoms with Crippen molar-refractivity contribution in [1.29, 1.82) is 0 Å². The number of benzene rings is 2. The molecule has 1 aliphatic rings. The molecule has 0 amide bonds. The van der Waals surface area contributed by atoms with Gasteiger partial charge in [0.1, 0.15) is 0 Å². The topological polar surface area (TPSA) is 15.3 Å². The minimum absolute atomic E-state index is 0.651. The molecule has 2 heteroatoms. The van der Waals surface area contributed by atoms with Crippen LogP contribution in [0.15, 0.2) is 42.5 Å². The lowest BCUT2D eigenvalue weighted by molar-refractivity contribution is 0.251. The van der Waals surface area contributed by atoms with Crippen molar-refractivity contribution in [2.24, 2.45) is 0 Å². The Morgan fingerprint density at radius 1 is 1.05 bits per heavy atom. The average molecular weight is 268 g/mol. The predicted octanol–water partition coefficient (Wildman–Crippen LogP) is 3.41. The van der Waals surface area contributed by atoms with E-state index in [0.29, 0.717) is 6.04 Å². The van der Waals surface area contributed by atoms with Crippen LogP contribution in [0.2, 0.25) is 0 Å². The largest absolute Gasteiger partial charge is 0.311 e. The van der Waals surface area contributed by atoms with Gasteiger partial charge in [0.25, 0.3) is 0 Å². The SMILES string of the molecule is CC(CNCc1ccc2ccccc2c1)N1CCCC1. The van der Waals surface area contributed by atoms with Gasteiger partial charge >= 0.3 is 0 Å². The Hall–Kier alpha value is -1.38. The molecule has 1 fully saturated rings. The Labute approximate surface area is 121 Å². The molecule has 1 atom stereocenters. The van der Waals surface area contributed by atoms with Crippen LogP contribution in [0.5, 0.6) is 0 Å². The van der Waals surface area contributed by atoms with Gasteiger partial charge < -0.3 is 5.32 Å². The monoisotopic (exact) mass is 268 g/mol. The van der Waals surface area contributed by atoms with Crippen LogP contribution in [0.3, 0.4) is 0 Å². The van der Waals surface area contributed by atoms with E-state index in [9.17, 15) is 0 Å². The van der Waals surface area contributed by atoms with Gasteiger partial charge in [-0.2, -0.15) is 0 Å². The molecule has 1 saturated heterocycles. The number of hydrogen-bond acceptors (Lipinski definition) is 2. The van der Waals surface area contributed by atoms with E-state index in [1.54, 1.807) is 0 Å². The van der Waals surface area contributed by atoms with E-state index in [0.717, 1.165) is 13.1 Å². The van der Waals surface area contributed by atoms with Crippen molar-refractivity contribution >= 4 is 10.8 Å². The van der Waals surface area contributed by atoms with Crippen molar-refractivity contribution in [3.8, 4) is 0 Å². The van der Waals surface area contributed by atoms with E-state index >= 15 is 0 Å². The molecule has 106 valence electrons. The third-order valence-corrected chi connectivity index (χ3v) is 4.35. The highest BCUT2D eigenvalue weighted by Crippen LogP contribution is 2.15. The summed E-state index contributed by atoms with van der Waals surface area (Å²) in [6.07, 6.45) is 2.74. The maximum atomic E-state index is 3.60. The van der Waals surface area contributed by atoms with Crippen molar-refractivity contribution in [1.82, 2.24) is 10.2 Å². The van der Waals surface area contributed by atoms with Crippen molar-refractivity contribution in [3.05, 3.63) is 48.0 Å². The van der Waals surface area contributed by atoms with E-state index in [4.69, 9.17) is 0 Å². The second-order valence-electron chi connectivity index (χ2n) is 5.90. The van der Waals surface area contributed by atoms with Crippen molar-refractivity contribution in [2.75, 3.05) is 19.6 Å². The van der Waals surface area contributed by atoms with Crippen LogP contribution in [0.4, 0.5) is 0 Å². The summed E-state index contributed by atoms with van der Waals surface area (Å²) in [5.74, 6) is 0. The summed E-state index contributed by atoms with van der Waals surface area (Å²) in [7, 11) is 0. The third kappa shape index (κ3) is 3.20. The van der Waals surface area contributed by atoms with Gasteiger partial charge in [-0.3, -0.25) is 4.90 Å². The van der Waals surface area contributed by atoms with Crippen LogP contribution in [0.1, 0.15) is 25.3 Å². The lowest BCUT2D eigenvalue weighted by Gasteiger charge is -2.24. The Morgan fingerprint density at radius 3 is 2.60 bits per heavy atom. The quantitative estimate of drug-likeness (QED) is 0.894. The molecular weight excluding hydrogens is 244 g/mol. The molecule has 1 unspecified atom stereocenters. The molecule has 2 nitrogen and oxygen atoms in total. The normalized spacial score (nSPS) is 17.6. The Kier molecular flexibility index (Phi) is 4.34. The molecule has 3 rings (SSSR count). The van der Waals surface area contributed by atoms with Gasteiger partial charge in [-0.1, -0.05) is 36.4 Å². The summed E-state index contributed by atoms with van der Waals surface area (Å²) in [5, 5.41) is 6.26. The Balaban J connectivity index is 1.54. The number of rotatable bonds is 5. The van der Waals surface area contributed by atoms with Gasteiger partial charge in [-0.15, -0.1) is 0 Å². The highest BCUT2D eigenvalue weighted by atomic mass is 15.2. The summed E-state index contributed by atoms with van der Waals surface area (Å²) in [6, 6.07) is 16.0. The number of hydrogen-bond donors (Lipinski definition) is 1. The van der Waals surface area contributed by atoms with Crippen molar-refractivity contribution in [2.45, 2.75) is 32.4 Å². The maximum Gasteiger partial charge on any atom is 0.0206 e. The smallest absolute Gasteiger partial charge is 0.0206 e. The number of nitrogens with one attached hydrogen (secondary N) is 1. The first-order valence-electron chi connectivity index (χ1n) is 7.75. The molecule has 0 saturated carbocycles. The van der Waals surface area contributed by atoms with E-state index in [-0.39, 0.29) is 0 Å². The van der Waals surface area contributed by atoms with Gasteiger partial charge in [0.05, 0.1) is 0 Å². The molecule has 2 aromatic carbocycles. The van der Waals surface area contributed by atoms with Gasteiger partial charge in [0.2, 0.25) is 0 Å². The van der Waals surface area contributed by atoms with Crippen LogP contribution in [0, 0.1) is 0 Å². The number of nitrogens with zero attached hydrogens (tertiary/aromatic N) is 1. The molecule has 0 aliphatic carbocycles. The molecule has 1 aliphatic heterocycles. The summed E-state index contributed by atoms with van der Waals surface area (Å²) in [4.78, 5) is 2.59. The van der Waals surface area contributed by atoms with Gasteiger partial charge in [-0.05, 0) is 55.3 Å². The average Bonchev–Trinajstić information content (AvgIpc) is 3.01. The minimum Gasteiger partial charge on any atom is -0.311 e. The van der Waals surface area contributed by atoms with Crippen LogP contribution in [-0.4, -0.2) is 30.6 Å². The lowest BCUT2D eigenvalue weighted by atomic mass is 10.1. The van der Waals surface area contributed by atoms with E-state index in [1.807, 2.05) is 0 Å². The van der Waals surface area contributed by atoms with Crippen LogP contribution in [-0.2, 0) is 6.54 Å². The summed E-state index contributed by atoms with van der Waals surface area (Å²) in [5.41, 5.74) is 1.37. The van der Waals surface area contributed by atoms with E-state index in [2.05, 4.69) is 59.6 Å². The first-order chi connectivity index (χ1) is 9.83. The molecule has 0 radical (unpaired) electrons. The van der Waals surface area contributed by atoms with Gasteiger partial charge in [0, 0.05) is 19.1 Å². The molecular formula is C18H24N2. The fraction of sp³-hybridized carbons (Fsp3) is 0.444. The zero-order chi connectivity index (χ0) is 13.8. The molecule has 0 aromatic heterocycles. The lowest BCUT2D eigenvalue weighted by Crippen LogP contribution is -2.38. The summed E-state index contributed by atoms with van der Waals surface area (Å²) >= 11 is 0. The van der Waals surface area contributed by atoms with E-state index in [1.165, 1.54) is 42.3 Å². The molecule has 2 aromatic rings. The number of fused-ring (bicyclic) bond motifs is 1. The second kappa shape index (κ2) is 6.38. The van der Waals surface area contributed by atoms with Crippen LogP contribution >= 0.6 is 0 Å². The van der Waals surface area contributed by atoms with Gasteiger partial charge in [-0.25, -0.2) is 0 Å². The molecule has 1 heterocycles. The molecule has 1 N–H and O–H groups in total. The van der Waals surface area contributed by atoms with E-state index < -0.39 is 0 Å². The summed E-state index contributed by atoms with van der Waals surface area (Å²) in [6.45, 7) is 6.92. The standard InChI is InChI=1S/C18H24N2/c1-15(20-10-4-5-11-20)13-19-14-16-8-9-17-6-2-3-7-18(17)12-16/h2-3,6-9,12,15,19H,4-5,10-11,13-14H2,1H3. The van der Waals surface area contributed by atoms with Crippen LogP contribution < -0.4 is 5.32 Å². The Bertz CT molecular complexity index is 558. The van der Waals surface area contributed by atoms with Crippen LogP contribution in [0.25, 0.3) is 10.8 Å². The molecule has 20 heavy (non-hydrogen) atoms. The molecule has 0 spiro atoms. The fourth-order valence-electron chi connectivity index (χ4n) is 3.09. The zero-order valence-electron chi connectivity index (χ0n) is 12.3. The fourth-order valence-corrected chi connectivity index (χ4v) is 3.09. The second-order valence-corrected chi connectivity index (χ2v) is 5.90. The van der Waals surface area contributed by atoms with Crippen molar-refractivity contribution in [3.63, 3.8) is 0 Å². The summed E-state index contributed by atoms with van der Waals surface area (Å²) < 4.78 is 0. The first-order valence-corrected chi connectivity index (χ1v) is 7.75. The third-order valence-electron chi connectivity index (χ3n) is 4.35. The predicted molar refractivity (Wildman–Crippen MR) is 85.9 cm³/mol. The zero-order valence-corrected chi connectivity index (χ0v) is 12.3. The maximum absolute atomic E-state index is 3.60. The van der Waals surface area contributed by atoms with Gasteiger partial charge in [0.15, 0.2) is 0 Å². The number of likely N-dealkylation sites (tertiary alicyclic amines) is 1. The first kappa shape index (κ1) is 13.6.